The fourth-order valence-electron chi connectivity index (χ4n) is 3.08. The van der Waals surface area contributed by atoms with Gasteiger partial charge in [-0.25, -0.2) is 0 Å². The van der Waals surface area contributed by atoms with E-state index in [9.17, 15) is 9.59 Å². The maximum atomic E-state index is 12.7. The van der Waals surface area contributed by atoms with Crippen LogP contribution in [-0.2, 0) is 9.53 Å². The van der Waals surface area contributed by atoms with Crippen molar-refractivity contribution >= 4 is 29.3 Å². The van der Waals surface area contributed by atoms with Crippen LogP contribution < -0.4 is 11.1 Å². The van der Waals surface area contributed by atoms with Crippen LogP contribution in [0.25, 0.3) is 0 Å². The Hall–Kier alpha value is -1.57. The van der Waals surface area contributed by atoms with E-state index in [1.807, 2.05) is 24.0 Å². The third-order valence-electron chi connectivity index (χ3n) is 4.59. The Balaban J connectivity index is 1.59. The summed E-state index contributed by atoms with van der Waals surface area (Å²) in [5.41, 5.74) is 6.83. The van der Waals surface area contributed by atoms with E-state index < -0.39 is 0 Å². The highest BCUT2D eigenvalue weighted by Crippen LogP contribution is 2.36. The van der Waals surface area contributed by atoms with Gasteiger partial charge in [-0.3, -0.25) is 9.59 Å². The number of thioether (sulfide) groups is 1. The molecule has 0 spiro atoms. The minimum Gasteiger partial charge on any atom is -0.378 e. The Morgan fingerprint density at radius 2 is 2.16 bits per heavy atom. The molecule has 136 valence electrons. The number of hydrogen-bond donors (Lipinski definition) is 2. The average Bonchev–Trinajstić information content (AvgIpc) is 2.62. The molecule has 7 heteroatoms. The molecule has 1 fully saturated rings. The summed E-state index contributed by atoms with van der Waals surface area (Å²) in [6.45, 7) is 4.60. The van der Waals surface area contributed by atoms with Gasteiger partial charge >= 0.3 is 0 Å². The number of ether oxygens (including phenoxy) is 1. The molecule has 1 aromatic rings. The van der Waals surface area contributed by atoms with Crippen molar-refractivity contribution in [3.8, 4) is 0 Å². The standard InChI is InChI=1S/C18H25N3O3S/c1-12-17(22)20-15-11-13(3-4-16(15)25-12)18(23)21-8-5-14(6-9-21)24-10-2-7-19/h3-4,11-12,14H,2,5-10,19H2,1H3,(H,20,22). The molecule has 0 saturated carbocycles. The van der Waals surface area contributed by atoms with Crippen LogP contribution in [0.3, 0.4) is 0 Å². The quantitative estimate of drug-likeness (QED) is 0.783. The summed E-state index contributed by atoms with van der Waals surface area (Å²) in [7, 11) is 0. The van der Waals surface area contributed by atoms with Crippen LogP contribution in [0, 0.1) is 0 Å². The molecule has 3 N–H and O–H groups in total. The number of nitrogens with zero attached hydrogens (tertiary/aromatic N) is 1. The second-order valence-electron chi connectivity index (χ2n) is 6.46. The first-order chi connectivity index (χ1) is 12.1. The molecule has 2 heterocycles. The smallest absolute Gasteiger partial charge is 0.253 e. The van der Waals surface area contributed by atoms with Crippen LogP contribution >= 0.6 is 11.8 Å². The monoisotopic (exact) mass is 363 g/mol. The van der Waals surface area contributed by atoms with E-state index in [1.165, 1.54) is 11.8 Å². The molecular formula is C18H25N3O3S. The van der Waals surface area contributed by atoms with Crippen molar-refractivity contribution in [1.82, 2.24) is 4.90 Å². The first-order valence-corrected chi connectivity index (χ1v) is 9.69. The summed E-state index contributed by atoms with van der Waals surface area (Å²) < 4.78 is 5.79. The lowest BCUT2D eigenvalue weighted by Gasteiger charge is -2.32. The topological polar surface area (TPSA) is 84.7 Å². The lowest BCUT2D eigenvalue weighted by molar-refractivity contribution is -0.115. The highest BCUT2D eigenvalue weighted by Gasteiger charge is 2.27. The number of likely N-dealkylation sites (tertiary alicyclic amines) is 1. The number of amides is 2. The fraction of sp³-hybridized carbons (Fsp3) is 0.556. The Labute approximate surface area is 152 Å². The van der Waals surface area contributed by atoms with Crippen LogP contribution in [0.5, 0.6) is 0 Å². The number of benzene rings is 1. The van der Waals surface area contributed by atoms with Gasteiger partial charge < -0.3 is 20.7 Å². The zero-order chi connectivity index (χ0) is 17.8. The van der Waals surface area contributed by atoms with E-state index >= 15 is 0 Å². The second kappa shape index (κ2) is 8.21. The Kier molecular flexibility index (Phi) is 5.98. The largest absolute Gasteiger partial charge is 0.378 e. The Morgan fingerprint density at radius 1 is 1.40 bits per heavy atom. The molecule has 3 rings (SSSR count). The number of carbonyl (C=O) groups is 2. The zero-order valence-electron chi connectivity index (χ0n) is 14.5. The molecule has 0 aliphatic carbocycles. The summed E-state index contributed by atoms with van der Waals surface area (Å²) in [6, 6.07) is 5.56. The lowest BCUT2D eigenvalue weighted by atomic mass is 10.1. The van der Waals surface area contributed by atoms with Gasteiger partial charge in [0.1, 0.15) is 0 Å². The van der Waals surface area contributed by atoms with Crippen LogP contribution in [-0.4, -0.2) is 54.3 Å². The average molecular weight is 363 g/mol. The van der Waals surface area contributed by atoms with Gasteiger partial charge in [-0.2, -0.15) is 0 Å². The van der Waals surface area contributed by atoms with Gasteiger partial charge in [0.25, 0.3) is 5.91 Å². The van der Waals surface area contributed by atoms with Gasteiger partial charge in [-0.1, -0.05) is 0 Å². The highest BCUT2D eigenvalue weighted by atomic mass is 32.2. The third-order valence-corrected chi connectivity index (χ3v) is 5.77. The molecule has 2 aliphatic rings. The number of hydrogen-bond acceptors (Lipinski definition) is 5. The molecule has 0 aromatic heterocycles. The molecule has 1 unspecified atom stereocenters. The van der Waals surface area contributed by atoms with E-state index in [2.05, 4.69) is 5.32 Å². The zero-order valence-corrected chi connectivity index (χ0v) is 15.3. The molecule has 2 amide bonds. The molecule has 2 aliphatic heterocycles. The van der Waals surface area contributed by atoms with Crippen molar-refractivity contribution in [2.75, 3.05) is 31.6 Å². The molecule has 25 heavy (non-hydrogen) atoms. The number of nitrogens with one attached hydrogen (secondary N) is 1. The number of piperidine rings is 1. The van der Waals surface area contributed by atoms with Crippen molar-refractivity contribution in [1.29, 1.82) is 0 Å². The van der Waals surface area contributed by atoms with E-state index in [0.717, 1.165) is 29.8 Å². The van der Waals surface area contributed by atoms with E-state index in [0.29, 0.717) is 31.8 Å². The van der Waals surface area contributed by atoms with Gasteiger partial charge in [-0.15, -0.1) is 11.8 Å². The van der Waals surface area contributed by atoms with Crippen molar-refractivity contribution < 1.29 is 14.3 Å². The van der Waals surface area contributed by atoms with Gasteiger partial charge in [-0.05, 0) is 50.9 Å². The Bertz CT molecular complexity index is 644. The predicted molar refractivity (Wildman–Crippen MR) is 98.9 cm³/mol. The SMILES string of the molecule is CC1Sc2ccc(C(=O)N3CCC(OCCCN)CC3)cc2NC1=O. The number of anilines is 1. The maximum absolute atomic E-state index is 12.7. The number of carbonyl (C=O) groups excluding carboxylic acids is 2. The van der Waals surface area contributed by atoms with E-state index in [1.54, 1.807) is 6.07 Å². The number of nitrogens with two attached hydrogens (primary N) is 1. The summed E-state index contributed by atoms with van der Waals surface area (Å²) in [4.78, 5) is 27.5. The minimum atomic E-state index is -0.104. The van der Waals surface area contributed by atoms with Crippen molar-refractivity contribution in [3.05, 3.63) is 23.8 Å². The highest BCUT2D eigenvalue weighted by molar-refractivity contribution is 8.00. The molecule has 0 radical (unpaired) electrons. The van der Waals surface area contributed by atoms with E-state index in [4.69, 9.17) is 10.5 Å². The van der Waals surface area contributed by atoms with Crippen LogP contribution in [0.15, 0.2) is 23.1 Å². The number of rotatable bonds is 5. The van der Waals surface area contributed by atoms with Crippen molar-refractivity contribution in [2.24, 2.45) is 5.73 Å². The van der Waals surface area contributed by atoms with Crippen LogP contribution in [0.2, 0.25) is 0 Å². The summed E-state index contributed by atoms with van der Waals surface area (Å²) in [5.74, 6) is -0.00128. The normalized spacial score (nSPS) is 21.0. The molecule has 1 saturated heterocycles. The summed E-state index contributed by atoms with van der Waals surface area (Å²) >= 11 is 1.52. The van der Waals surface area contributed by atoms with Crippen LogP contribution in [0.4, 0.5) is 5.69 Å². The number of fused-ring (bicyclic) bond motifs is 1. The molecule has 0 bridgehead atoms. The minimum absolute atomic E-state index is 0.0149. The predicted octanol–water partition coefficient (Wildman–Crippen LogP) is 2.09. The molecular weight excluding hydrogens is 338 g/mol. The lowest BCUT2D eigenvalue weighted by Crippen LogP contribution is -2.41. The molecule has 1 aromatic carbocycles. The molecule has 1 atom stereocenters. The summed E-state index contributed by atoms with van der Waals surface area (Å²) in [5, 5.41) is 2.78. The second-order valence-corrected chi connectivity index (χ2v) is 7.85. The van der Waals surface area contributed by atoms with Crippen LogP contribution in [0.1, 0.15) is 36.5 Å². The van der Waals surface area contributed by atoms with Gasteiger partial charge in [0.2, 0.25) is 5.91 Å². The third kappa shape index (κ3) is 4.34. The van der Waals surface area contributed by atoms with Crippen molar-refractivity contribution in [3.63, 3.8) is 0 Å². The van der Waals surface area contributed by atoms with Gasteiger partial charge in [0.05, 0.1) is 17.0 Å². The van der Waals surface area contributed by atoms with E-state index in [-0.39, 0.29) is 23.2 Å². The van der Waals surface area contributed by atoms with Gasteiger partial charge in [0, 0.05) is 30.2 Å². The van der Waals surface area contributed by atoms with Gasteiger partial charge in [0.15, 0.2) is 0 Å². The molecule has 6 nitrogen and oxygen atoms in total. The maximum Gasteiger partial charge on any atom is 0.253 e. The fourth-order valence-corrected chi connectivity index (χ4v) is 4.01. The van der Waals surface area contributed by atoms with Crippen molar-refractivity contribution in [2.45, 2.75) is 42.4 Å². The Morgan fingerprint density at radius 3 is 2.88 bits per heavy atom. The summed E-state index contributed by atoms with van der Waals surface area (Å²) in [6.07, 6.45) is 2.80. The first-order valence-electron chi connectivity index (χ1n) is 8.81. The first kappa shape index (κ1) is 18.2.